The van der Waals surface area contributed by atoms with E-state index in [-0.39, 0.29) is 18.3 Å². The Morgan fingerprint density at radius 3 is 2.37 bits per heavy atom. The van der Waals surface area contributed by atoms with Gasteiger partial charge >= 0.3 is 5.97 Å². The van der Waals surface area contributed by atoms with E-state index in [1.54, 1.807) is 29.2 Å². The Bertz CT molecular complexity index is 901. The Kier molecular flexibility index (Phi) is 4.75. The Morgan fingerprint density at radius 2 is 1.63 bits per heavy atom. The number of hydrogen-bond acceptors (Lipinski definition) is 4. The maximum atomic E-state index is 12.3. The van der Waals surface area contributed by atoms with E-state index < -0.39 is 5.97 Å². The molecule has 1 aliphatic carbocycles. The van der Waals surface area contributed by atoms with Crippen LogP contribution in [0.2, 0.25) is 0 Å². The van der Waals surface area contributed by atoms with Crippen molar-refractivity contribution in [1.29, 1.82) is 0 Å². The highest BCUT2D eigenvalue weighted by molar-refractivity contribution is 6.00. The Morgan fingerprint density at radius 1 is 0.889 bits per heavy atom. The minimum Gasteiger partial charge on any atom is -0.454 e. The Labute approximate surface area is 157 Å². The number of nitrogens with zero attached hydrogens (tertiary/aromatic N) is 1. The molecular formula is C22H21NO4. The van der Waals surface area contributed by atoms with Gasteiger partial charge in [0.25, 0.3) is 0 Å². The summed E-state index contributed by atoms with van der Waals surface area (Å²) in [5.74, 6) is -0.633. The van der Waals surface area contributed by atoms with Crippen LogP contribution < -0.4 is 4.90 Å². The maximum Gasteiger partial charge on any atom is 0.338 e. The number of Topliss-reactive ketones (excluding diaryl/α,β-unsaturated/α-hetero) is 1. The molecule has 0 spiro atoms. The van der Waals surface area contributed by atoms with E-state index in [1.807, 2.05) is 18.2 Å². The van der Waals surface area contributed by atoms with Crippen LogP contribution in [0.1, 0.15) is 51.1 Å². The molecule has 2 aromatic rings. The van der Waals surface area contributed by atoms with Crippen molar-refractivity contribution in [2.45, 2.75) is 32.1 Å². The van der Waals surface area contributed by atoms with E-state index in [9.17, 15) is 14.4 Å². The maximum absolute atomic E-state index is 12.3. The van der Waals surface area contributed by atoms with Gasteiger partial charge in [0.2, 0.25) is 5.91 Å². The van der Waals surface area contributed by atoms with E-state index in [4.69, 9.17) is 4.74 Å². The van der Waals surface area contributed by atoms with Gasteiger partial charge in [0.15, 0.2) is 12.4 Å². The molecule has 0 saturated carbocycles. The second-order valence-electron chi connectivity index (χ2n) is 7.03. The molecule has 2 aromatic carbocycles. The van der Waals surface area contributed by atoms with Crippen LogP contribution in [-0.2, 0) is 22.4 Å². The predicted molar refractivity (Wildman–Crippen MR) is 101 cm³/mol. The van der Waals surface area contributed by atoms with Crippen molar-refractivity contribution in [2.24, 2.45) is 0 Å². The minimum atomic E-state index is -0.538. The number of fused-ring (bicyclic) bond motifs is 1. The van der Waals surface area contributed by atoms with Gasteiger partial charge in [-0.05, 0) is 67.1 Å². The van der Waals surface area contributed by atoms with Crippen LogP contribution >= 0.6 is 0 Å². The topological polar surface area (TPSA) is 63.7 Å². The normalized spacial score (nSPS) is 15.7. The molecule has 0 bridgehead atoms. The molecule has 0 N–H and O–H groups in total. The average Bonchev–Trinajstić information content (AvgIpc) is 3.34. The quantitative estimate of drug-likeness (QED) is 0.604. The standard InChI is InChI=1S/C22H21NO4/c24-20(18-7-6-15-3-1-4-17(15)13-18)14-27-22(26)16-8-10-19(11-9-16)23-12-2-5-21(23)25/h6-11,13H,1-5,12,14H2. The zero-order valence-corrected chi connectivity index (χ0v) is 15.1. The molecule has 1 fully saturated rings. The van der Waals surface area contributed by atoms with E-state index in [2.05, 4.69) is 0 Å². The molecule has 0 atom stereocenters. The van der Waals surface area contributed by atoms with Gasteiger partial charge in [-0.15, -0.1) is 0 Å². The fourth-order valence-electron chi connectivity index (χ4n) is 3.74. The Hall–Kier alpha value is -2.95. The number of carbonyl (C=O) groups excluding carboxylic acids is 3. The summed E-state index contributed by atoms with van der Waals surface area (Å²) in [6.45, 7) is 0.432. The molecule has 5 nitrogen and oxygen atoms in total. The summed E-state index contributed by atoms with van der Waals surface area (Å²) in [7, 11) is 0. The van der Waals surface area contributed by atoms with Crippen molar-refractivity contribution in [2.75, 3.05) is 18.1 Å². The molecule has 1 heterocycles. The highest BCUT2D eigenvalue weighted by Gasteiger charge is 2.22. The molecule has 5 heteroatoms. The van der Waals surface area contributed by atoms with Crippen LogP contribution in [0.15, 0.2) is 42.5 Å². The summed E-state index contributed by atoms with van der Waals surface area (Å²) in [5, 5.41) is 0. The third-order valence-corrected chi connectivity index (χ3v) is 5.24. The largest absolute Gasteiger partial charge is 0.454 e. The van der Waals surface area contributed by atoms with E-state index in [0.717, 1.165) is 31.4 Å². The van der Waals surface area contributed by atoms with Crippen molar-refractivity contribution in [1.82, 2.24) is 0 Å². The summed E-state index contributed by atoms with van der Waals surface area (Å²) in [6.07, 6.45) is 4.61. The van der Waals surface area contributed by atoms with Gasteiger partial charge in [-0.2, -0.15) is 0 Å². The van der Waals surface area contributed by atoms with Crippen LogP contribution in [-0.4, -0.2) is 30.8 Å². The number of hydrogen-bond donors (Lipinski definition) is 0. The molecule has 1 aliphatic heterocycles. The molecule has 138 valence electrons. The lowest BCUT2D eigenvalue weighted by Gasteiger charge is -2.15. The lowest BCUT2D eigenvalue weighted by Crippen LogP contribution is -2.23. The average molecular weight is 363 g/mol. The van der Waals surface area contributed by atoms with Gasteiger partial charge < -0.3 is 9.64 Å². The lowest BCUT2D eigenvalue weighted by atomic mass is 10.0. The highest BCUT2D eigenvalue weighted by atomic mass is 16.5. The fraction of sp³-hybridized carbons (Fsp3) is 0.318. The number of aryl methyl sites for hydroxylation is 2. The Balaban J connectivity index is 1.36. The first kappa shape index (κ1) is 17.5. The molecular weight excluding hydrogens is 342 g/mol. The van der Waals surface area contributed by atoms with Crippen molar-refractivity contribution in [3.63, 3.8) is 0 Å². The zero-order valence-electron chi connectivity index (χ0n) is 15.1. The van der Waals surface area contributed by atoms with Crippen LogP contribution in [0.5, 0.6) is 0 Å². The van der Waals surface area contributed by atoms with Crippen LogP contribution in [0, 0.1) is 0 Å². The monoisotopic (exact) mass is 363 g/mol. The number of carbonyl (C=O) groups is 3. The first-order chi connectivity index (χ1) is 13.1. The van der Waals surface area contributed by atoms with Gasteiger partial charge in [0.1, 0.15) is 0 Å². The second kappa shape index (κ2) is 7.35. The first-order valence-electron chi connectivity index (χ1n) is 9.34. The van der Waals surface area contributed by atoms with Gasteiger partial charge in [0, 0.05) is 24.2 Å². The van der Waals surface area contributed by atoms with E-state index in [0.29, 0.717) is 24.1 Å². The zero-order chi connectivity index (χ0) is 18.8. The number of anilines is 1. The number of rotatable bonds is 5. The van der Waals surface area contributed by atoms with Gasteiger partial charge in [-0.1, -0.05) is 12.1 Å². The number of amides is 1. The first-order valence-corrected chi connectivity index (χ1v) is 9.34. The summed E-state index contributed by atoms with van der Waals surface area (Å²) in [4.78, 5) is 38.0. The van der Waals surface area contributed by atoms with Crippen LogP contribution in [0.3, 0.4) is 0 Å². The molecule has 0 radical (unpaired) electrons. The predicted octanol–water partition coefficient (Wildman–Crippen LogP) is 3.34. The molecule has 1 saturated heterocycles. The fourth-order valence-corrected chi connectivity index (χ4v) is 3.74. The van der Waals surface area contributed by atoms with Crippen molar-refractivity contribution >= 4 is 23.3 Å². The minimum absolute atomic E-state index is 0.102. The summed E-state index contributed by atoms with van der Waals surface area (Å²) >= 11 is 0. The molecule has 0 aromatic heterocycles. The molecule has 0 unspecified atom stereocenters. The van der Waals surface area contributed by atoms with Crippen molar-refractivity contribution in [3.05, 3.63) is 64.7 Å². The number of ketones is 1. The van der Waals surface area contributed by atoms with Crippen molar-refractivity contribution in [3.8, 4) is 0 Å². The third-order valence-electron chi connectivity index (χ3n) is 5.24. The van der Waals surface area contributed by atoms with Crippen LogP contribution in [0.25, 0.3) is 0 Å². The summed E-state index contributed by atoms with van der Waals surface area (Å²) in [5.41, 5.74) is 4.26. The van der Waals surface area contributed by atoms with E-state index >= 15 is 0 Å². The highest BCUT2D eigenvalue weighted by Crippen LogP contribution is 2.24. The van der Waals surface area contributed by atoms with Crippen LogP contribution in [0.4, 0.5) is 5.69 Å². The van der Waals surface area contributed by atoms with E-state index in [1.165, 1.54) is 11.1 Å². The molecule has 1 amide bonds. The SMILES string of the molecule is O=C(COC(=O)c1ccc(N2CCCC2=O)cc1)c1ccc2c(c1)CCC2. The van der Waals surface area contributed by atoms with Gasteiger partial charge in [0.05, 0.1) is 5.56 Å². The van der Waals surface area contributed by atoms with Gasteiger partial charge in [-0.3, -0.25) is 9.59 Å². The summed E-state index contributed by atoms with van der Waals surface area (Å²) < 4.78 is 5.18. The molecule has 4 rings (SSSR count). The van der Waals surface area contributed by atoms with Crippen molar-refractivity contribution < 1.29 is 19.1 Å². The summed E-state index contributed by atoms with van der Waals surface area (Å²) in [6, 6.07) is 12.5. The number of esters is 1. The number of ether oxygens (including phenoxy) is 1. The molecule has 2 aliphatic rings. The lowest BCUT2D eigenvalue weighted by molar-refractivity contribution is -0.117. The smallest absolute Gasteiger partial charge is 0.338 e. The van der Waals surface area contributed by atoms with Gasteiger partial charge in [-0.25, -0.2) is 4.79 Å². The third kappa shape index (κ3) is 3.63. The second-order valence-corrected chi connectivity index (χ2v) is 7.03. The number of benzene rings is 2. The molecule has 27 heavy (non-hydrogen) atoms.